The minimum absolute atomic E-state index is 0.00290. The first kappa shape index (κ1) is 21.1. The van der Waals surface area contributed by atoms with Crippen LogP contribution in [0.25, 0.3) is 21.7 Å². The first-order chi connectivity index (χ1) is 15.2. The normalized spacial score (nSPS) is 11.0. The van der Waals surface area contributed by atoms with Gasteiger partial charge in [-0.1, -0.05) is 60.8 Å². The summed E-state index contributed by atoms with van der Waals surface area (Å²) < 4.78 is 0. The summed E-state index contributed by atoms with van der Waals surface area (Å²) in [6.45, 7) is 1.61. The van der Waals surface area contributed by atoms with E-state index in [-0.39, 0.29) is 5.91 Å². The first-order valence-electron chi connectivity index (χ1n) is 10.8. The fourth-order valence-electron chi connectivity index (χ4n) is 3.82. The third-order valence-corrected chi connectivity index (χ3v) is 5.68. The highest BCUT2D eigenvalue weighted by Crippen LogP contribution is 2.24. The van der Waals surface area contributed by atoms with E-state index in [1.165, 1.54) is 0 Å². The van der Waals surface area contributed by atoms with E-state index in [1.807, 2.05) is 66.7 Å². The predicted octanol–water partition coefficient (Wildman–Crippen LogP) is 6.44. The molecule has 1 aromatic heterocycles. The maximum absolute atomic E-state index is 12.5. The van der Waals surface area contributed by atoms with Gasteiger partial charge in [0.25, 0.3) is 5.91 Å². The van der Waals surface area contributed by atoms with Crippen molar-refractivity contribution in [3.05, 3.63) is 83.5 Å². The van der Waals surface area contributed by atoms with Gasteiger partial charge in [0.15, 0.2) is 0 Å². The van der Waals surface area contributed by atoms with Crippen molar-refractivity contribution in [3.63, 3.8) is 0 Å². The number of nitrogens with zero attached hydrogens (tertiary/aromatic N) is 1. The van der Waals surface area contributed by atoms with Crippen molar-refractivity contribution in [2.24, 2.45) is 0 Å². The molecular weight excluding hydrogens is 406 g/mol. The van der Waals surface area contributed by atoms with Crippen molar-refractivity contribution in [2.75, 3.05) is 18.4 Å². The van der Waals surface area contributed by atoms with Crippen molar-refractivity contribution >= 4 is 44.9 Å². The molecule has 5 heteroatoms. The number of hydrogen-bond donors (Lipinski definition) is 2. The number of aromatic nitrogens is 1. The van der Waals surface area contributed by atoms with Crippen LogP contribution < -0.4 is 10.6 Å². The van der Waals surface area contributed by atoms with Gasteiger partial charge in [-0.05, 0) is 53.9 Å². The summed E-state index contributed by atoms with van der Waals surface area (Å²) in [4.78, 5) is 16.9. The molecule has 0 spiro atoms. The molecule has 4 rings (SSSR count). The highest BCUT2D eigenvalue weighted by Gasteiger charge is 2.08. The lowest BCUT2D eigenvalue weighted by Crippen LogP contribution is -2.24. The molecular formula is C26H26ClN3O. The highest BCUT2D eigenvalue weighted by molar-refractivity contribution is 6.31. The quantitative estimate of drug-likeness (QED) is 0.299. The fraction of sp³-hybridized carbons (Fsp3) is 0.231. The smallest absolute Gasteiger partial charge is 0.251 e. The van der Waals surface area contributed by atoms with Gasteiger partial charge in [-0.15, -0.1) is 0 Å². The summed E-state index contributed by atoms with van der Waals surface area (Å²) in [7, 11) is 0. The zero-order valence-electron chi connectivity index (χ0n) is 17.4. The molecule has 0 saturated heterocycles. The van der Waals surface area contributed by atoms with Crippen LogP contribution in [0.5, 0.6) is 0 Å². The summed E-state index contributed by atoms with van der Waals surface area (Å²) in [5.41, 5.74) is 2.73. The topological polar surface area (TPSA) is 54.0 Å². The third-order valence-electron chi connectivity index (χ3n) is 5.44. The number of pyridine rings is 1. The van der Waals surface area contributed by atoms with Gasteiger partial charge in [0.05, 0.1) is 5.52 Å². The average Bonchev–Trinajstić information content (AvgIpc) is 2.80. The number of anilines is 1. The first-order valence-corrected chi connectivity index (χ1v) is 11.1. The Morgan fingerprint density at radius 2 is 1.65 bits per heavy atom. The third kappa shape index (κ3) is 5.33. The minimum atomic E-state index is 0.00290. The van der Waals surface area contributed by atoms with Gasteiger partial charge in [-0.3, -0.25) is 9.78 Å². The molecule has 0 aliphatic rings. The second-order valence-electron chi connectivity index (χ2n) is 7.64. The standard InChI is InChI=1S/C26H26ClN3O/c27-20-12-13-23-24(14-17-29-25(23)18-20)28-15-5-1-2-6-16-30-26(31)22-11-7-9-19-8-3-4-10-21(19)22/h3-4,7-14,17-18H,1-2,5-6,15-16H2,(H,28,29)(H,30,31). The average molecular weight is 432 g/mol. The van der Waals surface area contributed by atoms with Crippen LogP contribution in [0.3, 0.4) is 0 Å². The molecule has 0 atom stereocenters. The maximum atomic E-state index is 12.5. The Bertz CT molecular complexity index is 1190. The zero-order valence-corrected chi connectivity index (χ0v) is 18.2. The van der Waals surface area contributed by atoms with Gasteiger partial charge in [0.2, 0.25) is 0 Å². The minimum Gasteiger partial charge on any atom is -0.384 e. The zero-order chi connectivity index (χ0) is 21.5. The largest absolute Gasteiger partial charge is 0.384 e. The number of rotatable bonds is 9. The molecule has 3 aromatic carbocycles. The van der Waals surface area contributed by atoms with Crippen LogP contribution >= 0.6 is 11.6 Å². The lowest BCUT2D eigenvalue weighted by atomic mass is 10.0. The number of amides is 1. The van der Waals surface area contributed by atoms with Crippen molar-refractivity contribution in [1.29, 1.82) is 0 Å². The van der Waals surface area contributed by atoms with Crippen LogP contribution in [-0.4, -0.2) is 24.0 Å². The van der Waals surface area contributed by atoms with E-state index in [0.717, 1.165) is 65.2 Å². The van der Waals surface area contributed by atoms with E-state index in [2.05, 4.69) is 15.6 Å². The molecule has 0 unspecified atom stereocenters. The Balaban J connectivity index is 1.16. The van der Waals surface area contributed by atoms with Crippen LogP contribution in [0, 0.1) is 0 Å². The van der Waals surface area contributed by atoms with Gasteiger partial charge in [0, 0.05) is 40.9 Å². The van der Waals surface area contributed by atoms with E-state index in [0.29, 0.717) is 11.6 Å². The van der Waals surface area contributed by atoms with Crippen LogP contribution in [-0.2, 0) is 0 Å². The Kier molecular flexibility index (Phi) is 7.00. The summed E-state index contributed by atoms with van der Waals surface area (Å²) in [6.07, 6.45) is 6.07. The molecule has 158 valence electrons. The monoisotopic (exact) mass is 431 g/mol. The van der Waals surface area contributed by atoms with Crippen LogP contribution in [0.4, 0.5) is 5.69 Å². The van der Waals surface area contributed by atoms with Crippen LogP contribution in [0.15, 0.2) is 72.9 Å². The molecule has 4 nitrogen and oxygen atoms in total. The molecule has 0 fully saturated rings. The number of unbranched alkanes of at least 4 members (excludes halogenated alkanes) is 3. The van der Waals surface area contributed by atoms with E-state index in [4.69, 9.17) is 11.6 Å². The molecule has 0 aliphatic carbocycles. The predicted molar refractivity (Wildman–Crippen MR) is 130 cm³/mol. The van der Waals surface area contributed by atoms with Gasteiger partial charge in [-0.25, -0.2) is 0 Å². The molecule has 1 heterocycles. The summed E-state index contributed by atoms with van der Waals surface area (Å²) in [5.74, 6) is 0.00290. The number of fused-ring (bicyclic) bond motifs is 2. The van der Waals surface area contributed by atoms with E-state index in [9.17, 15) is 4.79 Å². The maximum Gasteiger partial charge on any atom is 0.251 e. The lowest BCUT2D eigenvalue weighted by Gasteiger charge is -2.10. The van der Waals surface area contributed by atoms with Gasteiger partial charge in [-0.2, -0.15) is 0 Å². The molecule has 0 bridgehead atoms. The number of carbonyl (C=O) groups excluding carboxylic acids is 1. The SMILES string of the molecule is O=C(NCCCCCCNc1ccnc2cc(Cl)ccc12)c1cccc2ccccc12. The van der Waals surface area contributed by atoms with E-state index < -0.39 is 0 Å². The number of nitrogens with one attached hydrogen (secondary N) is 2. The number of halogens is 1. The van der Waals surface area contributed by atoms with Crippen molar-refractivity contribution in [3.8, 4) is 0 Å². The summed E-state index contributed by atoms with van der Waals surface area (Å²) in [6, 6.07) is 21.6. The van der Waals surface area contributed by atoms with Gasteiger partial charge < -0.3 is 10.6 Å². The highest BCUT2D eigenvalue weighted by atomic mass is 35.5. The molecule has 1 amide bonds. The number of benzene rings is 3. The molecule has 4 aromatic rings. The Hall–Kier alpha value is -3.11. The molecule has 0 aliphatic heterocycles. The number of carbonyl (C=O) groups is 1. The number of hydrogen-bond acceptors (Lipinski definition) is 3. The van der Waals surface area contributed by atoms with Crippen LogP contribution in [0.2, 0.25) is 5.02 Å². The lowest BCUT2D eigenvalue weighted by molar-refractivity contribution is 0.0954. The van der Waals surface area contributed by atoms with E-state index >= 15 is 0 Å². The Morgan fingerprint density at radius 3 is 2.55 bits per heavy atom. The Labute approximate surface area is 187 Å². The summed E-state index contributed by atoms with van der Waals surface area (Å²) in [5, 5.41) is 10.4. The van der Waals surface area contributed by atoms with Crippen molar-refractivity contribution in [2.45, 2.75) is 25.7 Å². The van der Waals surface area contributed by atoms with Crippen molar-refractivity contribution < 1.29 is 4.79 Å². The van der Waals surface area contributed by atoms with E-state index in [1.54, 1.807) is 6.20 Å². The fourth-order valence-corrected chi connectivity index (χ4v) is 3.99. The van der Waals surface area contributed by atoms with Crippen molar-refractivity contribution in [1.82, 2.24) is 10.3 Å². The van der Waals surface area contributed by atoms with Gasteiger partial charge >= 0.3 is 0 Å². The molecule has 2 N–H and O–H groups in total. The molecule has 31 heavy (non-hydrogen) atoms. The van der Waals surface area contributed by atoms with Gasteiger partial charge in [0.1, 0.15) is 0 Å². The second kappa shape index (κ2) is 10.3. The molecule has 0 saturated carbocycles. The summed E-state index contributed by atoms with van der Waals surface area (Å²) >= 11 is 6.05. The Morgan fingerprint density at radius 1 is 0.839 bits per heavy atom. The second-order valence-corrected chi connectivity index (χ2v) is 8.08. The van der Waals surface area contributed by atoms with Crippen LogP contribution in [0.1, 0.15) is 36.0 Å². The molecule has 0 radical (unpaired) electrons.